The molecule has 0 spiro atoms. The Balaban J connectivity index is 2.05. The molecule has 0 aliphatic heterocycles. The molecule has 1 heterocycles. The summed E-state index contributed by atoms with van der Waals surface area (Å²) in [7, 11) is 0. The van der Waals surface area contributed by atoms with Crippen LogP contribution in [0.3, 0.4) is 0 Å². The minimum Gasteiger partial charge on any atom is -0.354 e. The van der Waals surface area contributed by atoms with Gasteiger partial charge in [-0.25, -0.2) is 9.97 Å². The highest BCUT2D eigenvalue weighted by Crippen LogP contribution is 2.43. The molecule has 2 rings (SSSR count). The van der Waals surface area contributed by atoms with Crippen molar-refractivity contribution in [1.29, 1.82) is 0 Å². The molecule has 1 aromatic heterocycles. The Bertz CT molecular complexity index is 403. The third-order valence-electron chi connectivity index (χ3n) is 4.25. The van der Waals surface area contributed by atoms with E-state index in [0.29, 0.717) is 11.3 Å². The zero-order chi connectivity index (χ0) is 13.2. The van der Waals surface area contributed by atoms with E-state index in [1.807, 2.05) is 6.92 Å². The van der Waals surface area contributed by atoms with E-state index in [0.717, 1.165) is 23.9 Å². The van der Waals surface area contributed by atoms with Crippen molar-refractivity contribution in [3.8, 4) is 0 Å². The highest BCUT2D eigenvalue weighted by atomic mass is 15.1. The first kappa shape index (κ1) is 13.3. The van der Waals surface area contributed by atoms with Crippen molar-refractivity contribution in [2.24, 2.45) is 5.41 Å². The predicted molar refractivity (Wildman–Crippen MR) is 75.9 cm³/mol. The van der Waals surface area contributed by atoms with Gasteiger partial charge in [0.1, 0.15) is 0 Å². The van der Waals surface area contributed by atoms with Gasteiger partial charge >= 0.3 is 0 Å². The van der Waals surface area contributed by atoms with Crippen molar-refractivity contribution in [2.75, 3.05) is 11.9 Å². The Morgan fingerprint density at radius 2 is 2.06 bits per heavy atom. The maximum absolute atomic E-state index is 4.61. The second-order valence-corrected chi connectivity index (χ2v) is 5.97. The number of hydrogen-bond donors (Lipinski definition) is 1. The van der Waals surface area contributed by atoms with Crippen LogP contribution < -0.4 is 5.32 Å². The summed E-state index contributed by atoms with van der Waals surface area (Å²) in [5.41, 5.74) is 2.69. The smallest absolute Gasteiger partial charge is 0.223 e. The molecule has 0 atom stereocenters. The molecule has 1 N–H and O–H groups in total. The number of nitrogens with one attached hydrogen (secondary N) is 1. The van der Waals surface area contributed by atoms with E-state index >= 15 is 0 Å². The number of nitrogens with zero attached hydrogens (tertiary/aromatic N) is 2. The summed E-state index contributed by atoms with van der Waals surface area (Å²) in [6.45, 7) is 9.69. The van der Waals surface area contributed by atoms with Gasteiger partial charge in [-0.2, -0.15) is 0 Å². The van der Waals surface area contributed by atoms with Crippen molar-refractivity contribution in [3.05, 3.63) is 17.5 Å². The lowest BCUT2D eigenvalue weighted by atomic mass is 9.67. The fourth-order valence-corrected chi connectivity index (χ4v) is 2.57. The second kappa shape index (κ2) is 5.25. The van der Waals surface area contributed by atoms with Gasteiger partial charge in [0.25, 0.3) is 0 Å². The molecule has 18 heavy (non-hydrogen) atoms. The van der Waals surface area contributed by atoms with Crippen molar-refractivity contribution in [3.63, 3.8) is 0 Å². The normalized spacial score (nSPS) is 17.6. The monoisotopic (exact) mass is 247 g/mol. The van der Waals surface area contributed by atoms with Gasteiger partial charge in [-0.05, 0) is 43.6 Å². The van der Waals surface area contributed by atoms with E-state index in [9.17, 15) is 0 Å². The standard InChI is InChI=1S/C15H25N3/c1-5-15(7-6-8-15)10-16-14-17-12(4)9-13(18-14)11(2)3/h9,11H,5-8,10H2,1-4H3,(H,16,17,18). The fourth-order valence-electron chi connectivity index (χ4n) is 2.57. The molecular weight excluding hydrogens is 222 g/mol. The lowest BCUT2D eigenvalue weighted by Gasteiger charge is -2.41. The molecule has 3 heteroatoms. The van der Waals surface area contributed by atoms with Crippen molar-refractivity contribution < 1.29 is 0 Å². The zero-order valence-corrected chi connectivity index (χ0v) is 12.1. The van der Waals surface area contributed by atoms with Crippen LogP contribution >= 0.6 is 0 Å². The van der Waals surface area contributed by atoms with E-state index in [4.69, 9.17) is 0 Å². The van der Waals surface area contributed by atoms with E-state index in [1.54, 1.807) is 0 Å². The van der Waals surface area contributed by atoms with E-state index in [1.165, 1.54) is 25.7 Å². The molecule has 0 saturated heterocycles. The van der Waals surface area contributed by atoms with Crippen LogP contribution in [0, 0.1) is 12.3 Å². The first-order valence-corrected chi connectivity index (χ1v) is 7.14. The SMILES string of the molecule is CCC1(CNc2nc(C)cc(C(C)C)n2)CCC1. The van der Waals surface area contributed by atoms with Gasteiger partial charge in [0.05, 0.1) is 0 Å². The molecule has 100 valence electrons. The number of rotatable bonds is 5. The molecule has 1 aromatic rings. The van der Waals surface area contributed by atoms with E-state index < -0.39 is 0 Å². The van der Waals surface area contributed by atoms with Crippen molar-refractivity contribution in [1.82, 2.24) is 9.97 Å². The highest BCUT2D eigenvalue weighted by molar-refractivity contribution is 5.29. The van der Waals surface area contributed by atoms with Crippen LogP contribution in [0.4, 0.5) is 5.95 Å². The summed E-state index contributed by atoms with van der Waals surface area (Å²) in [6, 6.07) is 2.08. The Kier molecular flexibility index (Phi) is 3.88. The summed E-state index contributed by atoms with van der Waals surface area (Å²) >= 11 is 0. The van der Waals surface area contributed by atoms with Gasteiger partial charge in [-0.3, -0.25) is 0 Å². The minimum absolute atomic E-state index is 0.455. The summed E-state index contributed by atoms with van der Waals surface area (Å²) in [5, 5.41) is 3.45. The fraction of sp³-hybridized carbons (Fsp3) is 0.733. The van der Waals surface area contributed by atoms with Crippen LogP contribution in [-0.2, 0) is 0 Å². The Morgan fingerprint density at radius 1 is 1.33 bits per heavy atom. The summed E-state index contributed by atoms with van der Waals surface area (Å²) in [6.07, 6.45) is 5.32. The molecule has 1 aliphatic carbocycles. The van der Waals surface area contributed by atoms with E-state index in [-0.39, 0.29) is 0 Å². The molecule has 1 aliphatic rings. The largest absolute Gasteiger partial charge is 0.354 e. The minimum atomic E-state index is 0.455. The van der Waals surface area contributed by atoms with Gasteiger partial charge in [0.15, 0.2) is 0 Å². The molecule has 0 bridgehead atoms. The van der Waals surface area contributed by atoms with Gasteiger partial charge in [-0.1, -0.05) is 27.2 Å². The maximum atomic E-state index is 4.61. The first-order chi connectivity index (χ1) is 8.54. The average molecular weight is 247 g/mol. The molecule has 0 unspecified atom stereocenters. The van der Waals surface area contributed by atoms with Gasteiger partial charge < -0.3 is 5.32 Å². The lowest BCUT2D eigenvalue weighted by molar-refractivity contribution is 0.144. The van der Waals surface area contributed by atoms with Gasteiger partial charge in [0, 0.05) is 17.9 Å². The first-order valence-electron chi connectivity index (χ1n) is 7.14. The predicted octanol–water partition coefficient (Wildman–Crippen LogP) is 3.90. The summed E-state index contributed by atoms with van der Waals surface area (Å²) in [4.78, 5) is 9.10. The third kappa shape index (κ3) is 2.82. The van der Waals surface area contributed by atoms with E-state index in [2.05, 4.69) is 42.1 Å². The molecule has 1 saturated carbocycles. The molecule has 3 nitrogen and oxygen atoms in total. The molecule has 0 amide bonds. The van der Waals surface area contributed by atoms with Crippen LogP contribution in [0.15, 0.2) is 6.07 Å². The van der Waals surface area contributed by atoms with Crippen LogP contribution in [0.2, 0.25) is 0 Å². The Morgan fingerprint density at radius 3 is 2.56 bits per heavy atom. The number of aromatic nitrogens is 2. The maximum Gasteiger partial charge on any atom is 0.223 e. The topological polar surface area (TPSA) is 37.8 Å². The second-order valence-electron chi connectivity index (χ2n) is 5.97. The number of aryl methyl sites for hydroxylation is 1. The van der Waals surface area contributed by atoms with Crippen LogP contribution in [-0.4, -0.2) is 16.5 Å². The zero-order valence-electron chi connectivity index (χ0n) is 12.1. The van der Waals surface area contributed by atoms with Crippen molar-refractivity contribution >= 4 is 5.95 Å². The molecule has 1 fully saturated rings. The summed E-state index contributed by atoms with van der Waals surface area (Å²) in [5.74, 6) is 1.26. The lowest BCUT2D eigenvalue weighted by Crippen LogP contribution is -2.36. The highest BCUT2D eigenvalue weighted by Gasteiger charge is 2.34. The number of anilines is 1. The van der Waals surface area contributed by atoms with Gasteiger partial charge in [0.2, 0.25) is 5.95 Å². The molecular formula is C15H25N3. The van der Waals surface area contributed by atoms with Crippen LogP contribution in [0.5, 0.6) is 0 Å². The Hall–Kier alpha value is -1.12. The Labute approximate surface area is 110 Å². The number of hydrogen-bond acceptors (Lipinski definition) is 3. The molecule has 0 aromatic carbocycles. The summed E-state index contributed by atoms with van der Waals surface area (Å²) < 4.78 is 0. The van der Waals surface area contributed by atoms with Crippen LogP contribution in [0.1, 0.15) is 63.8 Å². The molecule has 0 radical (unpaired) electrons. The third-order valence-corrected chi connectivity index (χ3v) is 4.25. The van der Waals surface area contributed by atoms with Gasteiger partial charge in [-0.15, -0.1) is 0 Å². The quantitative estimate of drug-likeness (QED) is 0.857. The average Bonchev–Trinajstić information content (AvgIpc) is 2.27. The van der Waals surface area contributed by atoms with Crippen LogP contribution in [0.25, 0.3) is 0 Å². The van der Waals surface area contributed by atoms with Crippen molar-refractivity contribution in [2.45, 2.75) is 59.3 Å².